The molecule has 1 unspecified atom stereocenters. The van der Waals surface area contributed by atoms with Crippen LogP contribution in [0.4, 0.5) is 0 Å². The second-order valence-electron chi connectivity index (χ2n) is 3.67. The molecular weight excluding hydrogens is 236 g/mol. The summed E-state index contributed by atoms with van der Waals surface area (Å²) in [5.74, 6) is 1.51. The lowest BCUT2D eigenvalue weighted by Crippen LogP contribution is -2.30. The van der Waals surface area contributed by atoms with E-state index in [0.29, 0.717) is 0 Å². The van der Waals surface area contributed by atoms with Crippen molar-refractivity contribution < 1.29 is 8.95 Å². The SMILES string of the molecule is CCN(CC)C1=NS(=O)c2cccc(OC)c21. The molecular formula is C12H16N2O2S. The van der Waals surface area contributed by atoms with Gasteiger partial charge in [-0.1, -0.05) is 6.07 Å². The van der Waals surface area contributed by atoms with Gasteiger partial charge in [0.05, 0.1) is 17.6 Å². The highest BCUT2D eigenvalue weighted by Gasteiger charge is 2.28. The smallest absolute Gasteiger partial charge is 0.175 e. The van der Waals surface area contributed by atoms with E-state index in [1.54, 1.807) is 7.11 Å². The predicted octanol–water partition coefficient (Wildman–Crippen LogP) is 1.82. The zero-order valence-electron chi connectivity index (χ0n) is 10.3. The monoisotopic (exact) mass is 252 g/mol. The van der Waals surface area contributed by atoms with Crippen molar-refractivity contribution in [2.45, 2.75) is 18.7 Å². The van der Waals surface area contributed by atoms with Crippen LogP contribution in [0.2, 0.25) is 0 Å². The molecule has 0 aromatic heterocycles. The fourth-order valence-electron chi connectivity index (χ4n) is 1.96. The van der Waals surface area contributed by atoms with E-state index in [-0.39, 0.29) is 0 Å². The van der Waals surface area contributed by atoms with Gasteiger partial charge in [-0.25, -0.2) is 4.21 Å². The first-order valence-electron chi connectivity index (χ1n) is 5.65. The van der Waals surface area contributed by atoms with Gasteiger partial charge < -0.3 is 9.64 Å². The summed E-state index contributed by atoms with van der Waals surface area (Å²) in [5.41, 5.74) is 0.872. The van der Waals surface area contributed by atoms with Crippen molar-refractivity contribution in [3.05, 3.63) is 23.8 Å². The molecule has 0 spiro atoms. The number of nitrogens with zero attached hydrogens (tertiary/aromatic N) is 2. The Kier molecular flexibility index (Phi) is 3.47. The number of amidine groups is 1. The Morgan fingerprint density at radius 2 is 2.06 bits per heavy atom. The molecule has 0 saturated carbocycles. The molecule has 0 radical (unpaired) electrons. The number of fused-ring (bicyclic) bond motifs is 1. The molecule has 1 atom stereocenters. The Morgan fingerprint density at radius 1 is 1.35 bits per heavy atom. The summed E-state index contributed by atoms with van der Waals surface area (Å²) < 4.78 is 21.5. The van der Waals surface area contributed by atoms with Gasteiger partial charge in [0, 0.05) is 13.1 Å². The molecule has 0 saturated heterocycles. The molecule has 1 aromatic carbocycles. The van der Waals surface area contributed by atoms with E-state index in [2.05, 4.69) is 23.1 Å². The molecule has 4 nitrogen and oxygen atoms in total. The first-order chi connectivity index (χ1) is 8.22. The molecule has 17 heavy (non-hydrogen) atoms. The van der Waals surface area contributed by atoms with Gasteiger partial charge in [-0.15, -0.1) is 0 Å². The molecule has 0 fully saturated rings. The van der Waals surface area contributed by atoms with E-state index in [9.17, 15) is 4.21 Å². The van der Waals surface area contributed by atoms with E-state index in [1.807, 2.05) is 18.2 Å². The number of ether oxygens (including phenoxy) is 1. The highest BCUT2D eigenvalue weighted by Crippen LogP contribution is 2.32. The number of benzene rings is 1. The number of methoxy groups -OCH3 is 1. The quantitative estimate of drug-likeness (QED) is 0.824. The largest absolute Gasteiger partial charge is 0.496 e. The summed E-state index contributed by atoms with van der Waals surface area (Å²) in [4.78, 5) is 2.83. The Balaban J connectivity index is 2.55. The van der Waals surface area contributed by atoms with Gasteiger partial charge in [-0.2, -0.15) is 4.40 Å². The topological polar surface area (TPSA) is 41.9 Å². The first-order valence-corrected chi connectivity index (χ1v) is 6.76. The molecule has 1 heterocycles. The van der Waals surface area contributed by atoms with Crippen LogP contribution >= 0.6 is 0 Å². The molecule has 5 heteroatoms. The van der Waals surface area contributed by atoms with E-state index >= 15 is 0 Å². The standard InChI is InChI=1S/C12H16N2O2S/c1-4-14(5-2)12-11-9(16-3)7-6-8-10(11)17(15)13-12/h6-8H,4-5H2,1-3H3. The summed E-state index contributed by atoms with van der Waals surface area (Å²) in [6.45, 7) is 5.79. The third kappa shape index (κ3) is 1.95. The molecule has 0 bridgehead atoms. The van der Waals surface area contributed by atoms with E-state index in [1.165, 1.54) is 0 Å². The van der Waals surface area contributed by atoms with Gasteiger partial charge >= 0.3 is 0 Å². The normalized spacial score (nSPS) is 17.6. The van der Waals surface area contributed by atoms with Crippen molar-refractivity contribution in [1.29, 1.82) is 0 Å². The van der Waals surface area contributed by atoms with Gasteiger partial charge in [-0.05, 0) is 26.0 Å². The highest BCUT2D eigenvalue weighted by molar-refractivity contribution is 7.84. The van der Waals surface area contributed by atoms with Gasteiger partial charge in [0.1, 0.15) is 5.75 Å². The summed E-state index contributed by atoms with van der Waals surface area (Å²) in [7, 11) is 0.325. The second kappa shape index (κ2) is 4.87. The molecule has 1 aromatic rings. The van der Waals surface area contributed by atoms with Crippen LogP contribution in [0.5, 0.6) is 5.75 Å². The lowest BCUT2D eigenvalue weighted by Gasteiger charge is -2.21. The molecule has 0 aliphatic carbocycles. The van der Waals surface area contributed by atoms with Crippen molar-refractivity contribution in [2.24, 2.45) is 4.40 Å². The van der Waals surface area contributed by atoms with Crippen LogP contribution in [0.15, 0.2) is 27.5 Å². The van der Waals surface area contributed by atoms with E-state index in [0.717, 1.165) is 35.1 Å². The average molecular weight is 252 g/mol. The minimum Gasteiger partial charge on any atom is -0.496 e. The second-order valence-corrected chi connectivity index (χ2v) is 4.79. The maximum absolute atomic E-state index is 11.9. The lowest BCUT2D eigenvalue weighted by atomic mass is 10.1. The fraction of sp³-hybridized carbons (Fsp3) is 0.417. The molecule has 2 rings (SSSR count). The predicted molar refractivity (Wildman–Crippen MR) is 68.9 cm³/mol. The minimum absolute atomic E-state index is 0.735. The van der Waals surface area contributed by atoms with Crippen LogP contribution in [0, 0.1) is 0 Å². The zero-order valence-corrected chi connectivity index (χ0v) is 11.1. The molecule has 92 valence electrons. The van der Waals surface area contributed by atoms with Crippen LogP contribution in [-0.4, -0.2) is 35.1 Å². The summed E-state index contributed by atoms with van der Waals surface area (Å²) in [6, 6.07) is 5.56. The van der Waals surface area contributed by atoms with Crippen LogP contribution in [0.3, 0.4) is 0 Å². The average Bonchev–Trinajstić information content (AvgIpc) is 2.69. The Hall–Kier alpha value is -1.36. The molecule has 1 aliphatic rings. The summed E-state index contributed by atoms with van der Waals surface area (Å²) in [6.07, 6.45) is 0. The number of hydrogen-bond donors (Lipinski definition) is 0. The van der Waals surface area contributed by atoms with Crippen LogP contribution < -0.4 is 4.74 Å². The first kappa shape index (κ1) is 12.1. The summed E-state index contributed by atoms with van der Waals surface area (Å²) in [5, 5.41) is 0. The van der Waals surface area contributed by atoms with Crippen molar-refractivity contribution in [1.82, 2.24) is 4.90 Å². The minimum atomic E-state index is -1.30. The van der Waals surface area contributed by atoms with Crippen LogP contribution in [-0.2, 0) is 11.0 Å². The van der Waals surface area contributed by atoms with Crippen molar-refractivity contribution in [3.8, 4) is 5.75 Å². The highest BCUT2D eigenvalue weighted by atomic mass is 32.2. The third-order valence-electron chi connectivity index (χ3n) is 2.85. The van der Waals surface area contributed by atoms with E-state index < -0.39 is 11.0 Å². The number of hydrogen-bond acceptors (Lipinski definition) is 3. The molecule has 0 N–H and O–H groups in total. The van der Waals surface area contributed by atoms with Crippen molar-refractivity contribution in [2.75, 3.05) is 20.2 Å². The van der Waals surface area contributed by atoms with Gasteiger partial charge in [0.25, 0.3) is 0 Å². The molecule has 1 aliphatic heterocycles. The van der Waals surface area contributed by atoms with Gasteiger partial charge in [-0.3, -0.25) is 0 Å². The summed E-state index contributed by atoms with van der Waals surface area (Å²) >= 11 is 0. The Morgan fingerprint density at radius 3 is 2.65 bits per heavy atom. The Labute approximate surface area is 104 Å². The van der Waals surface area contributed by atoms with Crippen molar-refractivity contribution >= 4 is 16.8 Å². The molecule has 0 amide bonds. The lowest BCUT2D eigenvalue weighted by molar-refractivity contribution is 0.409. The van der Waals surface area contributed by atoms with E-state index in [4.69, 9.17) is 4.74 Å². The number of rotatable bonds is 3. The fourth-order valence-corrected chi connectivity index (χ4v) is 2.98. The third-order valence-corrected chi connectivity index (χ3v) is 3.91. The maximum atomic E-state index is 11.9. The maximum Gasteiger partial charge on any atom is 0.175 e. The van der Waals surface area contributed by atoms with Crippen LogP contribution in [0.1, 0.15) is 19.4 Å². The van der Waals surface area contributed by atoms with Gasteiger partial charge in [0.15, 0.2) is 16.8 Å². The van der Waals surface area contributed by atoms with Crippen molar-refractivity contribution in [3.63, 3.8) is 0 Å². The Bertz CT molecular complexity index is 481. The van der Waals surface area contributed by atoms with Crippen LogP contribution in [0.25, 0.3) is 0 Å². The van der Waals surface area contributed by atoms with Gasteiger partial charge in [0.2, 0.25) is 0 Å². The zero-order chi connectivity index (χ0) is 12.4.